The van der Waals surface area contributed by atoms with Gasteiger partial charge in [0.15, 0.2) is 0 Å². The number of rotatable bonds is 2. The molecule has 0 aliphatic carbocycles. The Hall–Kier alpha value is -0.880. The third-order valence-corrected chi connectivity index (χ3v) is 4.01. The number of aromatic nitrogens is 2. The molecule has 0 unspecified atom stereocenters. The summed E-state index contributed by atoms with van der Waals surface area (Å²) in [6, 6.07) is 9.01. The zero-order chi connectivity index (χ0) is 12.4. The average molecular weight is 354 g/mol. The molecule has 94 valence electrons. The van der Waals surface area contributed by atoms with E-state index in [1.54, 1.807) is 0 Å². The van der Waals surface area contributed by atoms with Crippen molar-refractivity contribution in [3.05, 3.63) is 40.2 Å². The molecule has 1 aromatic heterocycles. The highest BCUT2D eigenvalue weighted by atomic mass is 127. The van der Waals surface area contributed by atoms with E-state index in [-0.39, 0.29) is 0 Å². The number of nitrogens with zero attached hydrogens (tertiary/aromatic N) is 2. The molecular weight excluding hydrogens is 339 g/mol. The van der Waals surface area contributed by atoms with Crippen molar-refractivity contribution in [3.63, 3.8) is 0 Å². The Morgan fingerprint density at radius 2 is 2.11 bits per heavy atom. The number of ether oxygens (including phenoxy) is 1. The molecule has 4 heteroatoms. The van der Waals surface area contributed by atoms with Crippen LogP contribution in [0.4, 0.5) is 0 Å². The first-order valence-electron chi connectivity index (χ1n) is 6.21. The van der Waals surface area contributed by atoms with Gasteiger partial charge in [0.25, 0.3) is 0 Å². The maximum Gasteiger partial charge on any atom is 0.140 e. The van der Waals surface area contributed by atoms with Crippen LogP contribution in [0, 0.1) is 3.57 Å². The molecule has 1 fully saturated rings. The molecule has 2 heterocycles. The molecule has 0 N–H and O–H groups in total. The summed E-state index contributed by atoms with van der Waals surface area (Å²) in [5, 5.41) is 0. The van der Waals surface area contributed by atoms with Crippen LogP contribution >= 0.6 is 22.6 Å². The summed E-state index contributed by atoms with van der Waals surface area (Å²) >= 11 is 2.34. The van der Waals surface area contributed by atoms with Gasteiger partial charge in [-0.1, -0.05) is 12.1 Å². The van der Waals surface area contributed by atoms with Gasteiger partial charge in [-0.25, -0.2) is 4.98 Å². The van der Waals surface area contributed by atoms with Crippen molar-refractivity contribution >= 4 is 22.6 Å². The fourth-order valence-corrected chi connectivity index (χ4v) is 2.97. The summed E-state index contributed by atoms with van der Waals surface area (Å²) < 4.78 is 8.97. The Labute approximate surface area is 120 Å². The summed E-state index contributed by atoms with van der Waals surface area (Å²) in [7, 11) is 0. The van der Waals surface area contributed by atoms with E-state index in [4.69, 9.17) is 4.74 Å². The van der Waals surface area contributed by atoms with Gasteiger partial charge in [0.2, 0.25) is 0 Å². The van der Waals surface area contributed by atoms with Crippen LogP contribution < -0.4 is 0 Å². The second kappa shape index (κ2) is 5.40. The van der Waals surface area contributed by atoms with E-state index >= 15 is 0 Å². The molecule has 1 aliphatic rings. The second-order valence-corrected chi connectivity index (χ2v) is 5.76. The number of benzene rings is 1. The van der Waals surface area contributed by atoms with Crippen LogP contribution in [0.1, 0.15) is 18.9 Å². The molecule has 0 radical (unpaired) electrons. The fraction of sp³-hybridized carbons (Fsp3) is 0.357. The van der Waals surface area contributed by atoms with E-state index in [9.17, 15) is 0 Å². The van der Waals surface area contributed by atoms with Gasteiger partial charge in [-0.2, -0.15) is 0 Å². The van der Waals surface area contributed by atoms with Gasteiger partial charge in [0.1, 0.15) is 5.82 Å². The average Bonchev–Trinajstić information content (AvgIpc) is 2.89. The van der Waals surface area contributed by atoms with Crippen molar-refractivity contribution < 1.29 is 4.74 Å². The van der Waals surface area contributed by atoms with Gasteiger partial charge < -0.3 is 9.30 Å². The van der Waals surface area contributed by atoms with Gasteiger partial charge in [-0.3, -0.25) is 0 Å². The lowest BCUT2D eigenvalue weighted by molar-refractivity contribution is 0.0700. The quantitative estimate of drug-likeness (QED) is 0.772. The van der Waals surface area contributed by atoms with Crippen LogP contribution in [-0.4, -0.2) is 22.8 Å². The summed E-state index contributed by atoms with van der Waals surface area (Å²) in [4.78, 5) is 4.52. The minimum absolute atomic E-state index is 0.522. The highest BCUT2D eigenvalue weighted by molar-refractivity contribution is 14.1. The van der Waals surface area contributed by atoms with Crippen LogP contribution in [0.15, 0.2) is 36.7 Å². The third-order valence-electron chi connectivity index (χ3n) is 3.34. The zero-order valence-corrected chi connectivity index (χ0v) is 12.2. The number of imidazole rings is 1. The van der Waals surface area contributed by atoms with Crippen molar-refractivity contribution in [1.29, 1.82) is 0 Å². The maximum absolute atomic E-state index is 5.43. The maximum atomic E-state index is 5.43. The first-order chi connectivity index (χ1) is 8.84. The summed E-state index contributed by atoms with van der Waals surface area (Å²) in [5.74, 6) is 1.07. The van der Waals surface area contributed by atoms with E-state index in [1.807, 2.05) is 6.20 Å². The molecule has 0 bridgehead atoms. The second-order valence-electron chi connectivity index (χ2n) is 4.51. The van der Waals surface area contributed by atoms with Crippen LogP contribution in [0.2, 0.25) is 0 Å². The Morgan fingerprint density at radius 3 is 2.89 bits per heavy atom. The third kappa shape index (κ3) is 2.44. The van der Waals surface area contributed by atoms with E-state index < -0.39 is 0 Å². The van der Waals surface area contributed by atoms with Gasteiger partial charge in [-0.15, -0.1) is 0 Å². The lowest BCUT2D eigenvalue weighted by Crippen LogP contribution is -2.19. The monoisotopic (exact) mass is 354 g/mol. The smallest absolute Gasteiger partial charge is 0.140 e. The molecular formula is C14H15IN2O. The van der Waals surface area contributed by atoms with Crippen LogP contribution in [0.3, 0.4) is 0 Å². The zero-order valence-electron chi connectivity index (χ0n) is 10.1. The van der Waals surface area contributed by atoms with Crippen LogP contribution in [0.5, 0.6) is 0 Å². The van der Waals surface area contributed by atoms with E-state index in [1.165, 1.54) is 9.13 Å². The molecule has 0 saturated carbocycles. The van der Waals surface area contributed by atoms with Gasteiger partial charge in [0.05, 0.1) is 0 Å². The van der Waals surface area contributed by atoms with E-state index in [0.717, 1.165) is 31.9 Å². The fourth-order valence-electron chi connectivity index (χ4n) is 2.42. The lowest BCUT2D eigenvalue weighted by Gasteiger charge is -2.25. The topological polar surface area (TPSA) is 27.1 Å². The first kappa shape index (κ1) is 12.2. The Balaban J connectivity index is 1.95. The Kier molecular flexibility index (Phi) is 3.65. The number of hydrogen-bond donors (Lipinski definition) is 0. The standard InChI is InChI=1S/C14H15IN2O/c15-12-3-1-2-11(10-12)14-16-6-7-17(14)13-4-8-18-9-5-13/h1-3,6-7,10,13H,4-5,8-9H2. The van der Waals surface area contributed by atoms with Crippen molar-refractivity contribution in [3.8, 4) is 11.4 Å². The molecule has 0 spiro atoms. The number of halogens is 1. The molecule has 1 aromatic carbocycles. The SMILES string of the molecule is Ic1cccc(-c2nccn2C2CCOCC2)c1. The summed E-state index contributed by atoms with van der Waals surface area (Å²) in [5.41, 5.74) is 1.19. The van der Waals surface area contributed by atoms with Crippen LogP contribution in [0.25, 0.3) is 11.4 Å². The van der Waals surface area contributed by atoms with Crippen molar-refractivity contribution in [1.82, 2.24) is 9.55 Å². The molecule has 2 aromatic rings. The van der Waals surface area contributed by atoms with Crippen molar-refractivity contribution in [2.75, 3.05) is 13.2 Å². The highest BCUT2D eigenvalue weighted by Gasteiger charge is 2.18. The molecule has 3 rings (SSSR count). The van der Waals surface area contributed by atoms with Gasteiger partial charge in [-0.05, 0) is 47.6 Å². The molecule has 1 saturated heterocycles. The lowest BCUT2D eigenvalue weighted by atomic mass is 10.1. The van der Waals surface area contributed by atoms with Crippen molar-refractivity contribution in [2.24, 2.45) is 0 Å². The van der Waals surface area contributed by atoms with Gasteiger partial charge in [0, 0.05) is 40.8 Å². The normalized spacial score (nSPS) is 16.9. The predicted molar refractivity (Wildman–Crippen MR) is 79.5 cm³/mol. The van der Waals surface area contributed by atoms with Gasteiger partial charge >= 0.3 is 0 Å². The first-order valence-corrected chi connectivity index (χ1v) is 7.29. The summed E-state index contributed by atoms with van der Waals surface area (Å²) in [6.07, 6.45) is 6.14. The molecule has 0 amide bonds. The summed E-state index contributed by atoms with van der Waals surface area (Å²) in [6.45, 7) is 1.71. The minimum Gasteiger partial charge on any atom is -0.381 e. The van der Waals surface area contributed by atoms with E-state index in [0.29, 0.717) is 6.04 Å². The predicted octanol–water partition coefficient (Wildman–Crippen LogP) is 3.51. The largest absolute Gasteiger partial charge is 0.381 e. The molecule has 0 atom stereocenters. The van der Waals surface area contributed by atoms with E-state index in [2.05, 4.69) is 62.6 Å². The number of hydrogen-bond acceptors (Lipinski definition) is 2. The Bertz CT molecular complexity index is 532. The highest BCUT2D eigenvalue weighted by Crippen LogP contribution is 2.27. The minimum atomic E-state index is 0.522. The Morgan fingerprint density at radius 1 is 1.28 bits per heavy atom. The van der Waals surface area contributed by atoms with Crippen molar-refractivity contribution in [2.45, 2.75) is 18.9 Å². The van der Waals surface area contributed by atoms with Crippen LogP contribution in [-0.2, 0) is 4.74 Å². The molecule has 1 aliphatic heterocycles. The molecule has 18 heavy (non-hydrogen) atoms. The molecule has 3 nitrogen and oxygen atoms in total.